The molecule has 0 spiro atoms. The first-order chi connectivity index (χ1) is 18.2. The van der Waals surface area contributed by atoms with Crippen molar-refractivity contribution >= 4 is 11.4 Å². The van der Waals surface area contributed by atoms with Gasteiger partial charge < -0.3 is 29.8 Å². The molecule has 0 saturated heterocycles. The van der Waals surface area contributed by atoms with E-state index in [-0.39, 0.29) is 21.1 Å². The number of para-hydroxylation sites is 2. The molecule has 2 N–H and O–H groups in total. The summed E-state index contributed by atoms with van der Waals surface area (Å²) >= 11 is 0. The SMILES string of the molecule is CC(C)(C)C(O)(N1[CH-]N(CN2[CH-]N(C(O)(C(C)(C)C)C(C)(C)C)c3ccccc32)C2=C1CC=CC=C2)C(C)(C)C.[Pt+2]. The first kappa shape index (κ1) is 33.7. The van der Waals surface area contributed by atoms with Gasteiger partial charge in [0.25, 0.3) is 0 Å². The maximum Gasteiger partial charge on any atom is 2.00 e. The van der Waals surface area contributed by atoms with Gasteiger partial charge in [-0.3, -0.25) is 0 Å². The molecule has 2 aliphatic heterocycles. The van der Waals surface area contributed by atoms with Gasteiger partial charge in [0, 0.05) is 57.5 Å². The van der Waals surface area contributed by atoms with E-state index in [9.17, 15) is 10.2 Å². The maximum absolute atomic E-state index is 12.5. The van der Waals surface area contributed by atoms with Crippen LogP contribution in [-0.4, -0.2) is 38.1 Å². The van der Waals surface area contributed by atoms with Crippen molar-refractivity contribution in [2.24, 2.45) is 21.7 Å². The molecule has 0 fully saturated rings. The van der Waals surface area contributed by atoms with Crippen LogP contribution in [0.1, 0.15) is 89.5 Å². The molecule has 230 valence electrons. The first-order valence-corrected chi connectivity index (χ1v) is 14.6. The zero-order chi connectivity index (χ0) is 30.1. The van der Waals surface area contributed by atoms with Gasteiger partial charge in [-0.05, 0) is 18.2 Å². The fourth-order valence-corrected chi connectivity index (χ4v) is 7.16. The molecular formula is C34H52N4O2Pt. The second-order valence-electron chi connectivity index (χ2n) is 15.7. The number of fused-ring (bicyclic) bond motifs is 1. The number of hydrogen-bond donors (Lipinski definition) is 2. The maximum atomic E-state index is 12.5. The average molecular weight is 744 g/mol. The molecule has 2 heterocycles. The van der Waals surface area contributed by atoms with Gasteiger partial charge >= 0.3 is 21.1 Å². The molecule has 41 heavy (non-hydrogen) atoms. The molecule has 1 aromatic rings. The van der Waals surface area contributed by atoms with Crippen molar-refractivity contribution in [3.8, 4) is 0 Å². The quantitative estimate of drug-likeness (QED) is 0.314. The topological polar surface area (TPSA) is 53.4 Å². The molecule has 1 aliphatic carbocycles. The van der Waals surface area contributed by atoms with Crippen molar-refractivity contribution in [2.45, 2.75) is 101 Å². The van der Waals surface area contributed by atoms with Crippen LogP contribution >= 0.6 is 0 Å². The van der Waals surface area contributed by atoms with Gasteiger partial charge in [-0.2, -0.15) is 13.3 Å². The minimum absolute atomic E-state index is 0. The van der Waals surface area contributed by atoms with E-state index in [1.165, 1.54) is 0 Å². The Labute approximate surface area is 264 Å². The number of benzene rings is 1. The molecule has 0 unspecified atom stereocenters. The van der Waals surface area contributed by atoms with Crippen LogP contribution in [0.5, 0.6) is 0 Å². The number of anilines is 2. The number of hydrogen-bond acceptors (Lipinski definition) is 6. The smallest absolute Gasteiger partial charge is 0.488 e. The minimum Gasteiger partial charge on any atom is -0.488 e. The molecule has 1 aromatic carbocycles. The predicted octanol–water partition coefficient (Wildman–Crippen LogP) is 7.41. The van der Waals surface area contributed by atoms with E-state index >= 15 is 0 Å². The third-order valence-corrected chi connectivity index (χ3v) is 8.85. The first-order valence-electron chi connectivity index (χ1n) is 14.6. The number of nitrogens with zero attached hydrogens (tertiary/aromatic N) is 4. The molecule has 7 heteroatoms. The van der Waals surface area contributed by atoms with Crippen molar-refractivity contribution in [2.75, 3.05) is 16.5 Å². The summed E-state index contributed by atoms with van der Waals surface area (Å²) in [6.45, 7) is 30.0. The van der Waals surface area contributed by atoms with E-state index < -0.39 is 33.1 Å². The molecule has 0 aromatic heterocycles. The Morgan fingerprint density at radius 1 is 0.659 bits per heavy atom. The normalized spacial score (nSPS) is 18.6. The van der Waals surface area contributed by atoms with Gasteiger partial charge in [-0.15, -0.1) is 0 Å². The monoisotopic (exact) mass is 743 g/mol. The third-order valence-electron chi connectivity index (χ3n) is 8.85. The summed E-state index contributed by atoms with van der Waals surface area (Å²) in [5.74, 6) is 0. The second kappa shape index (κ2) is 10.8. The van der Waals surface area contributed by atoms with Gasteiger partial charge in [0.1, 0.15) is 11.4 Å². The van der Waals surface area contributed by atoms with Crippen LogP contribution in [0.3, 0.4) is 0 Å². The molecule has 0 amide bonds. The van der Waals surface area contributed by atoms with Crippen molar-refractivity contribution in [3.05, 3.63) is 73.3 Å². The summed E-state index contributed by atoms with van der Waals surface area (Å²) in [6.07, 6.45) is 9.17. The van der Waals surface area contributed by atoms with E-state index in [1.54, 1.807) is 0 Å². The van der Waals surface area contributed by atoms with Crippen molar-refractivity contribution < 1.29 is 31.3 Å². The Balaban J connectivity index is 0.00000462. The fraction of sp³-hybridized carbons (Fsp3) is 0.588. The van der Waals surface area contributed by atoms with Crippen molar-refractivity contribution in [1.82, 2.24) is 9.80 Å². The fourth-order valence-electron chi connectivity index (χ4n) is 7.16. The minimum atomic E-state index is -1.15. The molecule has 0 bridgehead atoms. The Morgan fingerprint density at radius 2 is 1.12 bits per heavy atom. The van der Waals surface area contributed by atoms with Crippen LogP contribution in [0, 0.1) is 35.0 Å². The molecule has 0 atom stereocenters. The summed E-state index contributed by atoms with van der Waals surface area (Å²) in [5.41, 5.74) is 0.194. The average Bonchev–Trinajstić information content (AvgIpc) is 3.23. The van der Waals surface area contributed by atoms with E-state index in [2.05, 4.69) is 159 Å². The molecule has 3 aliphatic rings. The van der Waals surface area contributed by atoms with Crippen LogP contribution < -0.4 is 9.80 Å². The third kappa shape index (κ3) is 5.31. The number of rotatable bonds is 4. The van der Waals surface area contributed by atoms with Crippen molar-refractivity contribution in [1.29, 1.82) is 0 Å². The predicted molar refractivity (Wildman–Crippen MR) is 166 cm³/mol. The zero-order valence-electron chi connectivity index (χ0n) is 27.2. The van der Waals surface area contributed by atoms with Gasteiger partial charge in [-0.1, -0.05) is 113 Å². The summed E-state index contributed by atoms with van der Waals surface area (Å²) in [6, 6.07) is 8.29. The molecule has 0 radical (unpaired) electrons. The summed E-state index contributed by atoms with van der Waals surface area (Å²) in [7, 11) is 0. The van der Waals surface area contributed by atoms with Gasteiger partial charge in [0.15, 0.2) is 0 Å². The van der Waals surface area contributed by atoms with Crippen LogP contribution in [0.2, 0.25) is 0 Å². The summed E-state index contributed by atoms with van der Waals surface area (Å²) < 4.78 is 0. The number of aliphatic hydroxyl groups is 2. The van der Waals surface area contributed by atoms with Crippen LogP contribution in [0.25, 0.3) is 0 Å². The number of allylic oxidation sites excluding steroid dienone is 4. The van der Waals surface area contributed by atoms with Crippen LogP contribution in [-0.2, 0) is 21.1 Å². The Bertz CT molecular complexity index is 1180. The molecule has 6 nitrogen and oxygen atoms in total. The summed E-state index contributed by atoms with van der Waals surface area (Å²) in [5, 5.41) is 24.9. The Kier molecular flexibility index (Phi) is 8.85. The van der Waals surface area contributed by atoms with E-state index in [1.807, 2.05) is 6.07 Å². The molecule has 0 saturated carbocycles. The van der Waals surface area contributed by atoms with Gasteiger partial charge in [0.05, 0.1) is 0 Å². The molecule has 4 rings (SSSR count). The van der Waals surface area contributed by atoms with E-state index in [4.69, 9.17) is 0 Å². The second-order valence-corrected chi connectivity index (χ2v) is 15.7. The van der Waals surface area contributed by atoms with Crippen LogP contribution in [0.4, 0.5) is 11.4 Å². The summed E-state index contributed by atoms with van der Waals surface area (Å²) in [4.78, 5) is 8.62. The zero-order valence-corrected chi connectivity index (χ0v) is 29.5. The van der Waals surface area contributed by atoms with Gasteiger partial charge in [-0.25, -0.2) is 0 Å². The standard InChI is InChI=1S/C34H52N4O2.Pt/c1-29(2,3)33(39,30(4,5)6)37-23-35(25-18-14-13-15-20-27(25)37)22-36-24-38(28-21-17-16-19-26(28)36)34(40,31(7,8)9)32(10,11)12;/h13-19,21,23-24,39-40H,20,22H2,1-12H3;/q-2;+2. The van der Waals surface area contributed by atoms with Gasteiger partial charge in [0.2, 0.25) is 0 Å². The van der Waals surface area contributed by atoms with E-state index in [0.29, 0.717) is 6.67 Å². The molecular weight excluding hydrogens is 691 g/mol. The Hall–Kier alpha value is -1.75. The van der Waals surface area contributed by atoms with E-state index in [0.717, 1.165) is 29.2 Å². The Morgan fingerprint density at radius 3 is 1.63 bits per heavy atom. The largest absolute Gasteiger partial charge is 2.00 e. The van der Waals surface area contributed by atoms with Crippen LogP contribution in [0.15, 0.2) is 60.0 Å². The van der Waals surface area contributed by atoms with Crippen molar-refractivity contribution in [3.63, 3.8) is 0 Å².